The van der Waals surface area contributed by atoms with Crippen molar-refractivity contribution in [3.05, 3.63) is 0 Å². The molecule has 0 aromatic rings. The molecule has 0 aliphatic rings. The van der Waals surface area contributed by atoms with Gasteiger partial charge in [-0.2, -0.15) is 4.31 Å². The van der Waals surface area contributed by atoms with Crippen LogP contribution in [0.3, 0.4) is 0 Å². The van der Waals surface area contributed by atoms with E-state index in [0.29, 0.717) is 12.5 Å². The molecule has 0 spiro atoms. The number of rotatable bonds is 6. The van der Waals surface area contributed by atoms with Crippen LogP contribution in [0, 0.1) is 5.92 Å². The van der Waals surface area contributed by atoms with Crippen LogP contribution in [0.25, 0.3) is 0 Å². The van der Waals surface area contributed by atoms with Gasteiger partial charge in [0.15, 0.2) is 0 Å². The molecule has 0 saturated carbocycles. The van der Waals surface area contributed by atoms with Crippen LogP contribution in [-0.2, 0) is 10.0 Å². The fourth-order valence-corrected chi connectivity index (χ4v) is 3.24. The van der Waals surface area contributed by atoms with Crippen molar-refractivity contribution in [1.29, 1.82) is 0 Å². The minimum Gasteiger partial charge on any atom is -0.212 e. The molecule has 0 heterocycles. The van der Waals surface area contributed by atoms with Crippen LogP contribution in [-0.4, -0.2) is 31.1 Å². The van der Waals surface area contributed by atoms with Crippen molar-refractivity contribution in [1.82, 2.24) is 4.31 Å². The highest BCUT2D eigenvalue weighted by Gasteiger charge is 2.28. The van der Waals surface area contributed by atoms with E-state index in [1.807, 2.05) is 20.8 Å². The van der Waals surface area contributed by atoms with Crippen LogP contribution in [0.1, 0.15) is 53.9 Å². The second kappa shape index (κ2) is 6.01. The molecule has 0 bridgehead atoms. The Bertz CT molecular complexity index is 291. The molecule has 4 heteroatoms. The molecular weight excluding hydrogens is 222 g/mol. The van der Waals surface area contributed by atoms with E-state index in [-0.39, 0.29) is 5.54 Å². The van der Waals surface area contributed by atoms with Crippen molar-refractivity contribution in [3.63, 3.8) is 0 Å². The van der Waals surface area contributed by atoms with Gasteiger partial charge < -0.3 is 0 Å². The van der Waals surface area contributed by atoms with E-state index >= 15 is 0 Å². The molecule has 98 valence electrons. The maximum Gasteiger partial charge on any atom is 0.211 e. The van der Waals surface area contributed by atoms with Gasteiger partial charge in [-0.25, -0.2) is 8.42 Å². The van der Waals surface area contributed by atoms with Gasteiger partial charge in [0.25, 0.3) is 0 Å². The molecule has 0 fully saturated rings. The average Bonchev–Trinajstić information content (AvgIpc) is 2.07. The summed E-state index contributed by atoms with van der Waals surface area (Å²) in [7, 11) is -3.09. The Kier molecular flexibility index (Phi) is 5.98. The molecule has 0 amide bonds. The molecule has 0 aliphatic carbocycles. The summed E-state index contributed by atoms with van der Waals surface area (Å²) in [5.74, 6) is 0.682. The maximum absolute atomic E-state index is 11.6. The summed E-state index contributed by atoms with van der Waals surface area (Å²) in [4.78, 5) is 0. The third-order valence-electron chi connectivity index (χ3n) is 2.90. The topological polar surface area (TPSA) is 37.4 Å². The van der Waals surface area contributed by atoms with E-state index in [0.717, 1.165) is 19.3 Å². The Hall–Kier alpha value is -0.0900. The summed E-state index contributed by atoms with van der Waals surface area (Å²) in [6.45, 7) is 10.8. The average molecular weight is 249 g/mol. The normalized spacial score (nSPS) is 15.4. The molecule has 16 heavy (non-hydrogen) atoms. The molecule has 0 N–H and O–H groups in total. The lowest BCUT2D eigenvalue weighted by Gasteiger charge is -2.33. The molecule has 0 saturated heterocycles. The summed E-state index contributed by atoms with van der Waals surface area (Å²) in [6.07, 6.45) is 4.49. The Labute approximate surface area is 101 Å². The first-order valence-electron chi connectivity index (χ1n) is 6.06. The fourth-order valence-electron chi connectivity index (χ4n) is 1.79. The largest absolute Gasteiger partial charge is 0.212 e. The minimum absolute atomic E-state index is 0.316. The van der Waals surface area contributed by atoms with Crippen LogP contribution < -0.4 is 0 Å². The van der Waals surface area contributed by atoms with Gasteiger partial charge in [0, 0.05) is 12.1 Å². The quantitative estimate of drug-likeness (QED) is 0.726. The molecule has 1 unspecified atom stereocenters. The zero-order valence-corrected chi connectivity index (χ0v) is 12.4. The van der Waals surface area contributed by atoms with Crippen LogP contribution in [0.15, 0.2) is 0 Å². The van der Waals surface area contributed by atoms with Gasteiger partial charge in [-0.1, -0.05) is 20.3 Å². The Morgan fingerprint density at radius 1 is 1.25 bits per heavy atom. The van der Waals surface area contributed by atoms with Crippen molar-refractivity contribution in [2.24, 2.45) is 5.92 Å². The van der Waals surface area contributed by atoms with E-state index in [1.165, 1.54) is 6.26 Å². The van der Waals surface area contributed by atoms with Crippen molar-refractivity contribution in [2.45, 2.75) is 59.4 Å². The van der Waals surface area contributed by atoms with Crippen molar-refractivity contribution >= 4 is 10.0 Å². The van der Waals surface area contributed by atoms with E-state index in [1.54, 1.807) is 4.31 Å². The van der Waals surface area contributed by atoms with Crippen LogP contribution in [0.4, 0.5) is 0 Å². The monoisotopic (exact) mass is 249 g/mol. The number of hydrogen-bond acceptors (Lipinski definition) is 2. The SMILES string of the molecule is CCC(C)CCCN(C(C)(C)C)S(C)(=O)=O. The van der Waals surface area contributed by atoms with Crippen LogP contribution in [0.2, 0.25) is 0 Å². The van der Waals surface area contributed by atoms with Gasteiger partial charge in [-0.05, 0) is 39.5 Å². The predicted octanol–water partition coefficient (Wildman–Crippen LogP) is 2.87. The van der Waals surface area contributed by atoms with Crippen molar-refractivity contribution < 1.29 is 8.42 Å². The highest BCUT2D eigenvalue weighted by molar-refractivity contribution is 7.88. The molecule has 3 nitrogen and oxygen atoms in total. The first-order valence-corrected chi connectivity index (χ1v) is 7.91. The molecular formula is C12H27NO2S. The first kappa shape index (κ1) is 15.9. The standard InChI is InChI=1S/C12H27NO2S/c1-7-11(2)9-8-10-13(12(3,4)5)16(6,14)15/h11H,7-10H2,1-6H3. The third-order valence-corrected chi connectivity index (χ3v) is 4.43. The molecule has 1 atom stereocenters. The summed E-state index contributed by atoms with van der Waals surface area (Å²) in [5.41, 5.74) is -0.316. The van der Waals surface area contributed by atoms with E-state index in [2.05, 4.69) is 13.8 Å². The highest BCUT2D eigenvalue weighted by Crippen LogP contribution is 2.19. The fraction of sp³-hybridized carbons (Fsp3) is 1.00. The van der Waals surface area contributed by atoms with Crippen LogP contribution in [0.5, 0.6) is 0 Å². The van der Waals surface area contributed by atoms with Gasteiger partial charge in [0.05, 0.1) is 6.26 Å². The molecule has 0 aromatic heterocycles. The Morgan fingerprint density at radius 3 is 2.06 bits per heavy atom. The van der Waals surface area contributed by atoms with Gasteiger partial charge in [0.2, 0.25) is 10.0 Å². The van der Waals surface area contributed by atoms with E-state index in [9.17, 15) is 8.42 Å². The van der Waals surface area contributed by atoms with Crippen molar-refractivity contribution in [3.8, 4) is 0 Å². The Balaban J connectivity index is 4.38. The zero-order valence-electron chi connectivity index (χ0n) is 11.6. The van der Waals surface area contributed by atoms with E-state index < -0.39 is 10.0 Å². The summed E-state index contributed by atoms with van der Waals surface area (Å²) in [5, 5.41) is 0. The second-order valence-electron chi connectivity index (χ2n) is 5.66. The molecule has 0 aromatic carbocycles. The third kappa shape index (κ3) is 5.85. The summed E-state index contributed by atoms with van der Waals surface area (Å²) >= 11 is 0. The van der Waals surface area contributed by atoms with Gasteiger partial charge in [-0.15, -0.1) is 0 Å². The molecule has 0 rings (SSSR count). The number of nitrogens with zero attached hydrogens (tertiary/aromatic N) is 1. The number of sulfonamides is 1. The molecule has 0 aliphatic heterocycles. The Morgan fingerprint density at radius 2 is 1.75 bits per heavy atom. The zero-order chi connectivity index (χ0) is 13.0. The molecule has 0 radical (unpaired) electrons. The first-order chi connectivity index (χ1) is 7.09. The summed E-state index contributed by atoms with van der Waals surface area (Å²) < 4.78 is 24.9. The van der Waals surface area contributed by atoms with Crippen LogP contribution >= 0.6 is 0 Å². The van der Waals surface area contributed by atoms with Gasteiger partial charge in [-0.3, -0.25) is 0 Å². The van der Waals surface area contributed by atoms with Gasteiger partial charge >= 0.3 is 0 Å². The highest BCUT2D eigenvalue weighted by atomic mass is 32.2. The lowest BCUT2D eigenvalue weighted by atomic mass is 10.0. The maximum atomic E-state index is 11.6. The van der Waals surface area contributed by atoms with Gasteiger partial charge in [0.1, 0.15) is 0 Å². The second-order valence-corrected chi connectivity index (χ2v) is 7.57. The minimum atomic E-state index is -3.09. The van der Waals surface area contributed by atoms with Crippen molar-refractivity contribution in [2.75, 3.05) is 12.8 Å². The smallest absolute Gasteiger partial charge is 0.211 e. The lowest BCUT2D eigenvalue weighted by molar-refractivity contribution is 0.242. The summed E-state index contributed by atoms with van der Waals surface area (Å²) in [6, 6.07) is 0. The predicted molar refractivity (Wildman–Crippen MR) is 70.0 cm³/mol. The lowest BCUT2D eigenvalue weighted by Crippen LogP contribution is -2.45. The number of hydrogen-bond donors (Lipinski definition) is 0. The van der Waals surface area contributed by atoms with E-state index in [4.69, 9.17) is 0 Å².